The molecule has 0 spiro atoms. The first-order valence-electron chi connectivity index (χ1n) is 8.13. The number of fused-ring (bicyclic) bond motifs is 1. The van der Waals surface area contributed by atoms with E-state index in [0.29, 0.717) is 11.3 Å². The van der Waals surface area contributed by atoms with E-state index < -0.39 is 40.0 Å². The molecule has 10 nitrogen and oxygen atoms in total. The van der Waals surface area contributed by atoms with Gasteiger partial charge in [0, 0.05) is 12.4 Å². The number of anilines is 1. The van der Waals surface area contributed by atoms with Crippen LogP contribution in [0.4, 0.5) is 24.5 Å². The van der Waals surface area contributed by atoms with Crippen LogP contribution in [-0.4, -0.2) is 31.5 Å². The number of rotatable bonds is 4. The number of hydrogen-bond acceptors (Lipinski definition) is 7. The molecule has 0 bridgehead atoms. The Bertz CT molecular complexity index is 1230. The molecule has 0 aromatic carbocycles. The third kappa shape index (κ3) is 3.45. The molecular formula is C16H13F3N6O4S. The molecule has 3 rings (SSSR count). The summed E-state index contributed by atoms with van der Waals surface area (Å²) >= 11 is 0.573. The number of nitrogens with one attached hydrogen (secondary N) is 1. The van der Waals surface area contributed by atoms with E-state index in [0.717, 1.165) is 10.7 Å². The zero-order valence-electron chi connectivity index (χ0n) is 15.6. The summed E-state index contributed by atoms with van der Waals surface area (Å²) in [6.07, 6.45) is -4.72. The molecular weight excluding hydrogens is 429 g/mol. The number of aryl methyl sites for hydroxylation is 2. The van der Waals surface area contributed by atoms with Crippen LogP contribution < -0.4 is 11.1 Å². The molecule has 3 heterocycles. The first-order valence-corrected chi connectivity index (χ1v) is 8.95. The Morgan fingerprint density at radius 2 is 1.97 bits per heavy atom. The van der Waals surface area contributed by atoms with E-state index in [4.69, 9.17) is 5.73 Å². The Labute approximate surface area is 169 Å². The van der Waals surface area contributed by atoms with Gasteiger partial charge in [-0.2, -0.15) is 18.3 Å². The number of nitrogens with two attached hydrogens (primary N) is 1. The molecule has 3 aromatic rings. The van der Waals surface area contributed by atoms with Crippen molar-refractivity contribution in [1.29, 1.82) is 0 Å². The van der Waals surface area contributed by atoms with Gasteiger partial charge in [0.1, 0.15) is 21.1 Å². The third-order valence-corrected chi connectivity index (χ3v) is 5.41. The van der Waals surface area contributed by atoms with E-state index in [1.165, 1.54) is 20.9 Å². The minimum absolute atomic E-state index is 0.0745. The van der Waals surface area contributed by atoms with Gasteiger partial charge in [0.05, 0.1) is 10.6 Å². The van der Waals surface area contributed by atoms with Crippen LogP contribution in [0.1, 0.15) is 37.1 Å². The maximum atomic E-state index is 13.1. The Kier molecular flexibility index (Phi) is 4.97. The fourth-order valence-corrected chi connectivity index (χ4v) is 3.92. The van der Waals surface area contributed by atoms with Crippen LogP contribution in [0.15, 0.2) is 6.07 Å². The van der Waals surface area contributed by atoms with Crippen molar-refractivity contribution in [3.8, 4) is 0 Å². The molecule has 0 radical (unpaired) electrons. The molecule has 30 heavy (non-hydrogen) atoms. The lowest BCUT2D eigenvalue weighted by atomic mass is 10.1. The van der Waals surface area contributed by atoms with E-state index in [2.05, 4.69) is 15.4 Å². The Hall–Kier alpha value is -3.55. The lowest BCUT2D eigenvalue weighted by molar-refractivity contribution is -0.385. The van der Waals surface area contributed by atoms with Gasteiger partial charge in [-0.3, -0.25) is 24.4 Å². The molecule has 0 fully saturated rings. The van der Waals surface area contributed by atoms with Crippen LogP contribution in [0.3, 0.4) is 0 Å². The SMILES string of the molecule is Cc1cc(C(F)(F)F)nc2sc(C(N)=O)c(NC(=O)c3nn(C)c(C)c3[N+](=O)[O-])c12. The number of carbonyl (C=O) groups is 2. The summed E-state index contributed by atoms with van der Waals surface area (Å²) in [5.74, 6) is -2.03. The normalized spacial score (nSPS) is 11.7. The van der Waals surface area contributed by atoms with E-state index in [1.54, 1.807) is 0 Å². The zero-order valence-corrected chi connectivity index (χ0v) is 16.4. The third-order valence-electron chi connectivity index (χ3n) is 4.31. The highest BCUT2D eigenvalue weighted by Gasteiger charge is 2.35. The summed E-state index contributed by atoms with van der Waals surface area (Å²) < 4.78 is 40.3. The van der Waals surface area contributed by atoms with Crippen molar-refractivity contribution in [3.05, 3.63) is 43.7 Å². The second-order valence-corrected chi connectivity index (χ2v) is 7.29. The summed E-state index contributed by atoms with van der Waals surface area (Å²) in [7, 11) is 1.40. The summed E-state index contributed by atoms with van der Waals surface area (Å²) in [4.78, 5) is 38.2. The first kappa shape index (κ1) is 21.2. The number of primary amides is 1. The molecule has 0 atom stereocenters. The van der Waals surface area contributed by atoms with Gasteiger partial charge < -0.3 is 11.1 Å². The molecule has 0 saturated heterocycles. The Morgan fingerprint density at radius 3 is 2.50 bits per heavy atom. The number of alkyl halides is 3. The fraction of sp³-hybridized carbons (Fsp3) is 0.250. The van der Waals surface area contributed by atoms with E-state index in [1.807, 2.05) is 0 Å². The molecule has 0 aliphatic heterocycles. The summed E-state index contributed by atoms with van der Waals surface area (Å²) in [5, 5.41) is 17.6. The zero-order chi connectivity index (χ0) is 22.5. The molecule has 0 aliphatic carbocycles. The standard InChI is InChI=1S/C16H13F3N6O4S/c1-5-4-7(16(17,18)19)21-15-8(5)9(12(30-15)13(20)26)22-14(27)10-11(25(28)29)6(2)24(3)23-10/h4H,1-3H3,(H2,20,26)(H,22,27). The maximum absolute atomic E-state index is 13.1. The number of halogens is 3. The number of hydrogen-bond donors (Lipinski definition) is 2. The van der Waals surface area contributed by atoms with Crippen molar-refractivity contribution in [2.24, 2.45) is 12.8 Å². The van der Waals surface area contributed by atoms with Crippen LogP contribution in [-0.2, 0) is 13.2 Å². The number of aromatic nitrogens is 3. The number of nitro groups is 1. The highest BCUT2D eigenvalue weighted by Crippen LogP contribution is 2.40. The van der Waals surface area contributed by atoms with E-state index in [-0.39, 0.29) is 32.0 Å². The number of thiophene rings is 1. The monoisotopic (exact) mass is 442 g/mol. The lowest BCUT2D eigenvalue weighted by Crippen LogP contribution is -2.18. The average molecular weight is 442 g/mol. The molecule has 14 heteroatoms. The van der Waals surface area contributed by atoms with Gasteiger partial charge in [0.2, 0.25) is 5.69 Å². The van der Waals surface area contributed by atoms with Crippen LogP contribution in [0, 0.1) is 24.0 Å². The number of nitrogens with zero attached hydrogens (tertiary/aromatic N) is 4. The van der Waals surface area contributed by atoms with Crippen molar-refractivity contribution in [2.45, 2.75) is 20.0 Å². The van der Waals surface area contributed by atoms with Crippen LogP contribution in [0.2, 0.25) is 0 Å². The highest BCUT2D eigenvalue weighted by atomic mass is 32.1. The minimum atomic E-state index is -4.72. The second kappa shape index (κ2) is 7.05. The largest absolute Gasteiger partial charge is 0.433 e. The predicted molar refractivity (Wildman–Crippen MR) is 100 cm³/mol. The molecule has 0 unspecified atom stereocenters. The molecule has 0 saturated carbocycles. The Morgan fingerprint density at radius 1 is 1.33 bits per heavy atom. The van der Waals surface area contributed by atoms with Crippen molar-refractivity contribution < 1.29 is 27.7 Å². The number of amides is 2. The highest BCUT2D eigenvalue weighted by molar-refractivity contribution is 7.21. The summed E-state index contributed by atoms with van der Waals surface area (Å²) in [5.41, 5.74) is 3.11. The van der Waals surface area contributed by atoms with Crippen LogP contribution in [0.25, 0.3) is 10.2 Å². The topological polar surface area (TPSA) is 146 Å². The van der Waals surface area contributed by atoms with Crippen molar-refractivity contribution >= 4 is 44.7 Å². The smallest absolute Gasteiger partial charge is 0.365 e. The van der Waals surface area contributed by atoms with Gasteiger partial charge >= 0.3 is 11.9 Å². The molecule has 3 aromatic heterocycles. The number of carbonyl (C=O) groups excluding carboxylic acids is 2. The number of pyridine rings is 1. The van der Waals surface area contributed by atoms with Crippen molar-refractivity contribution in [3.63, 3.8) is 0 Å². The maximum Gasteiger partial charge on any atom is 0.433 e. The van der Waals surface area contributed by atoms with Crippen LogP contribution in [0.5, 0.6) is 0 Å². The minimum Gasteiger partial charge on any atom is -0.365 e. The Balaban J connectivity index is 2.18. The van der Waals surface area contributed by atoms with Gasteiger partial charge in [-0.25, -0.2) is 4.98 Å². The molecule has 0 aliphatic rings. The van der Waals surface area contributed by atoms with Crippen LogP contribution >= 0.6 is 11.3 Å². The van der Waals surface area contributed by atoms with Crippen molar-refractivity contribution in [2.75, 3.05) is 5.32 Å². The summed E-state index contributed by atoms with van der Waals surface area (Å²) in [6, 6.07) is 0.767. The van der Waals surface area contributed by atoms with Gasteiger partial charge in [0.25, 0.3) is 11.8 Å². The van der Waals surface area contributed by atoms with Crippen molar-refractivity contribution in [1.82, 2.24) is 14.8 Å². The molecule has 158 valence electrons. The quantitative estimate of drug-likeness (QED) is 0.469. The second-order valence-electron chi connectivity index (χ2n) is 6.29. The molecule has 3 N–H and O–H groups in total. The molecule has 2 amide bonds. The predicted octanol–water partition coefficient (Wildman–Crippen LogP) is 2.92. The first-order chi connectivity index (χ1) is 13.8. The fourth-order valence-electron chi connectivity index (χ4n) is 2.86. The van der Waals surface area contributed by atoms with Gasteiger partial charge in [0.15, 0.2) is 0 Å². The van der Waals surface area contributed by atoms with Gasteiger partial charge in [-0.15, -0.1) is 11.3 Å². The van der Waals surface area contributed by atoms with E-state index >= 15 is 0 Å². The van der Waals surface area contributed by atoms with Gasteiger partial charge in [-0.05, 0) is 25.5 Å². The van der Waals surface area contributed by atoms with E-state index in [9.17, 15) is 32.9 Å². The summed E-state index contributed by atoms with van der Waals surface area (Å²) in [6.45, 7) is 2.74. The van der Waals surface area contributed by atoms with Gasteiger partial charge in [-0.1, -0.05) is 0 Å². The lowest BCUT2D eigenvalue weighted by Gasteiger charge is -2.09. The average Bonchev–Trinajstić information content (AvgIpc) is 3.12.